The highest BCUT2D eigenvalue weighted by Crippen LogP contribution is 2.21. The van der Waals surface area contributed by atoms with Crippen molar-refractivity contribution in [2.45, 2.75) is 0 Å². The summed E-state index contributed by atoms with van der Waals surface area (Å²) in [6, 6.07) is 14.3. The average molecular weight is 279 g/mol. The normalized spacial score (nSPS) is 10.5. The van der Waals surface area contributed by atoms with Crippen molar-refractivity contribution in [1.29, 1.82) is 0 Å². The lowest BCUT2D eigenvalue weighted by molar-refractivity contribution is 0.363. The van der Waals surface area contributed by atoms with Crippen molar-refractivity contribution in [3.63, 3.8) is 0 Å². The zero-order valence-corrected chi connectivity index (χ0v) is 11.3. The summed E-state index contributed by atoms with van der Waals surface area (Å²) in [5.41, 5.74) is 0.960. The minimum Gasteiger partial charge on any atom is -0.490 e. The van der Waals surface area contributed by atoms with Crippen LogP contribution in [0.4, 0.5) is 0 Å². The van der Waals surface area contributed by atoms with Crippen LogP contribution in [0, 0.1) is 0 Å². The third-order valence-corrected chi connectivity index (χ3v) is 3.00. The number of para-hydroxylation sites is 1. The van der Waals surface area contributed by atoms with Crippen molar-refractivity contribution >= 4 is 10.9 Å². The summed E-state index contributed by atoms with van der Waals surface area (Å²) in [7, 11) is 0. The number of hydrogen-bond donors (Lipinski definition) is 0. The van der Waals surface area contributed by atoms with Crippen molar-refractivity contribution in [3.8, 4) is 17.2 Å². The monoisotopic (exact) mass is 279 g/mol. The summed E-state index contributed by atoms with van der Waals surface area (Å²) in [4.78, 5) is 16.3. The minimum absolute atomic E-state index is 0.300. The molecule has 0 N–H and O–H groups in total. The Morgan fingerprint density at radius 3 is 2.67 bits per heavy atom. The first-order valence-electron chi connectivity index (χ1n) is 6.52. The highest BCUT2D eigenvalue weighted by molar-refractivity contribution is 5.78. The maximum Gasteiger partial charge on any atom is 0.347 e. The van der Waals surface area contributed by atoms with Gasteiger partial charge in [-0.05, 0) is 36.4 Å². The van der Waals surface area contributed by atoms with Gasteiger partial charge in [0.05, 0.1) is 10.9 Å². The molecule has 21 heavy (non-hydrogen) atoms. The molecule has 0 aliphatic carbocycles. The largest absolute Gasteiger partial charge is 0.490 e. The van der Waals surface area contributed by atoms with Crippen LogP contribution < -0.4 is 10.4 Å². The summed E-state index contributed by atoms with van der Waals surface area (Å²) in [5, 5.41) is 0.479. The fourth-order valence-corrected chi connectivity index (χ4v) is 1.99. The van der Waals surface area contributed by atoms with Gasteiger partial charge in [-0.25, -0.2) is 9.78 Å². The van der Waals surface area contributed by atoms with E-state index in [2.05, 4.69) is 11.6 Å². The molecule has 0 fully saturated rings. The molecule has 0 amide bonds. The Morgan fingerprint density at radius 2 is 1.90 bits per heavy atom. The maximum atomic E-state index is 11.9. The van der Waals surface area contributed by atoms with E-state index in [1.54, 1.807) is 48.5 Å². The summed E-state index contributed by atoms with van der Waals surface area (Å²) >= 11 is 0. The molecule has 0 aliphatic heterocycles. The van der Waals surface area contributed by atoms with Crippen LogP contribution in [0.3, 0.4) is 0 Å². The third-order valence-electron chi connectivity index (χ3n) is 3.00. The van der Waals surface area contributed by atoms with Crippen molar-refractivity contribution in [2.24, 2.45) is 0 Å². The zero-order valence-electron chi connectivity index (χ0n) is 11.3. The molecule has 0 atom stereocenters. The number of benzene rings is 2. The second-order valence-corrected chi connectivity index (χ2v) is 4.45. The molecule has 1 aromatic heterocycles. The number of aromatic nitrogens is 1. The fourth-order valence-electron chi connectivity index (χ4n) is 1.99. The summed E-state index contributed by atoms with van der Waals surface area (Å²) in [5.74, 6) is 1.02. The van der Waals surface area contributed by atoms with E-state index < -0.39 is 0 Å². The Kier molecular flexibility index (Phi) is 3.51. The second kappa shape index (κ2) is 5.63. The van der Waals surface area contributed by atoms with Crippen molar-refractivity contribution in [3.05, 3.63) is 71.6 Å². The molecular formula is C17H13NO3. The first kappa shape index (κ1) is 13.1. The molecule has 2 aromatic carbocycles. The van der Waals surface area contributed by atoms with Crippen LogP contribution in [-0.2, 0) is 0 Å². The number of rotatable bonds is 4. The van der Waals surface area contributed by atoms with E-state index in [1.807, 2.05) is 6.07 Å². The summed E-state index contributed by atoms with van der Waals surface area (Å²) in [6.45, 7) is 4.04. The molecule has 4 heteroatoms. The average Bonchev–Trinajstić information content (AvgIpc) is 2.53. The van der Waals surface area contributed by atoms with Gasteiger partial charge in [-0.2, -0.15) is 0 Å². The molecule has 104 valence electrons. The van der Waals surface area contributed by atoms with E-state index in [0.29, 0.717) is 23.4 Å². The van der Waals surface area contributed by atoms with Crippen LogP contribution in [0.2, 0.25) is 0 Å². The van der Waals surface area contributed by atoms with E-state index in [0.717, 1.165) is 11.3 Å². The molecular weight excluding hydrogens is 266 g/mol. The standard InChI is InChI=1S/C17H13NO3/c1-2-11-20-13-9-7-12(8-10-13)16-18-15-6-4-3-5-14(15)17(19)21-16/h2-10H,1,11H2. The van der Waals surface area contributed by atoms with E-state index in [4.69, 9.17) is 9.15 Å². The van der Waals surface area contributed by atoms with Crippen LogP contribution in [-0.4, -0.2) is 11.6 Å². The predicted molar refractivity (Wildman–Crippen MR) is 81.4 cm³/mol. The molecule has 0 bridgehead atoms. The molecule has 4 nitrogen and oxygen atoms in total. The van der Waals surface area contributed by atoms with Crippen molar-refractivity contribution < 1.29 is 9.15 Å². The lowest BCUT2D eigenvalue weighted by Crippen LogP contribution is -2.02. The quantitative estimate of drug-likeness (QED) is 0.687. The Bertz CT molecular complexity index is 835. The SMILES string of the molecule is C=CCOc1ccc(-c2nc3ccccc3c(=O)o2)cc1. The van der Waals surface area contributed by atoms with E-state index in [1.165, 1.54) is 0 Å². The van der Waals surface area contributed by atoms with E-state index >= 15 is 0 Å². The fraction of sp³-hybridized carbons (Fsp3) is 0.0588. The molecule has 0 saturated carbocycles. The Morgan fingerprint density at radius 1 is 1.14 bits per heavy atom. The van der Waals surface area contributed by atoms with Gasteiger partial charge in [0.25, 0.3) is 0 Å². The van der Waals surface area contributed by atoms with Crippen LogP contribution >= 0.6 is 0 Å². The van der Waals surface area contributed by atoms with Gasteiger partial charge in [-0.3, -0.25) is 0 Å². The molecule has 3 aromatic rings. The zero-order chi connectivity index (χ0) is 14.7. The molecule has 0 unspecified atom stereocenters. The number of hydrogen-bond acceptors (Lipinski definition) is 4. The Balaban J connectivity index is 2.00. The molecule has 1 heterocycles. The van der Waals surface area contributed by atoms with Crippen LogP contribution in [0.15, 0.2) is 70.4 Å². The molecule has 0 aliphatic rings. The van der Waals surface area contributed by atoms with Gasteiger partial charge in [-0.15, -0.1) is 0 Å². The first-order valence-corrected chi connectivity index (χ1v) is 6.52. The smallest absolute Gasteiger partial charge is 0.347 e. The van der Waals surface area contributed by atoms with Crippen LogP contribution in [0.1, 0.15) is 0 Å². The van der Waals surface area contributed by atoms with Gasteiger partial charge < -0.3 is 9.15 Å². The van der Waals surface area contributed by atoms with Gasteiger partial charge in [0.15, 0.2) is 0 Å². The highest BCUT2D eigenvalue weighted by Gasteiger charge is 2.08. The molecule has 0 saturated heterocycles. The lowest BCUT2D eigenvalue weighted by Gasteiger charge is -2.04. The second-order valence-electron chi connectivity index (χ2n) is 4.45. The summed E-state index contributed by atoms with van der Waals surface area (Å²) < 4.78 is 10.7. The van der Waals surface area contributed by atoms with Crippen molar-refractivity contribution in [1.82, 2.24) is 4.98 Å². The number of ether oxygens (including phenoxy) is 1. The number of nitrogens with zero attached hydrogens (tertiary/aromatic N) is 1. The molecule has 0 radical (unpaired) electrons. The van der Waals surface area contributed by atoms with E-state index in [-0.39, 0.29) is 5.63 Å². The van der Waals surface area contributed by atoms with Gasteiger partial charge >= 0.3 is 5.63 Å². The Hall–Kier alpha value is -2.88. The van der Waals surface area contributed by atoms with E-state index in [9.17, 15) is 4.79 Å². The topological polar surface area (TPSA) is 52.3 Å². The molecule has 0 spiro atoms. The molecule has 3 rings (SSSR count). The predicted octanol–water partition coefficient (Wildman–Crippen LogP) is 3.42. The van der Waals surface area contributed by atoms with Gasteiger partial charge in [-0.1, -0.05) is 24.8 Å². The maximum absolute atomic E-state index is 11.9. The Labute approximate surface area is 121 Å². The van der Waals surface area contributed by atoms with Crippen LogP contribution in [0.5, 0.6) is 5.75 Å². The van der Waals surface area contributed by atoms with Gasteiger partial charge in [0, 0.05) is 5.56 Å². The van der Waals surface area contributed by atoms with Crippen molar-refractivity contribution in [2.75, 3.05) is 6.61 Å². The first-order chi connectivity index (χ1) is 10.3. The van der Waals surface area contributed by atoms with Crippen LogP contribution in [0.25, 0.3) is 22.4 Å². The van der Waals surface area contributed by atoms with Gasteiger partial charge in [0.2, 0.25) is 5.89 Å². The number of fused-ring (bicyclic) bond motifs is 1. The summed E-state index contributed by atoms with van der Waals surface area (Å²) in [6.07, 6.45) is 1.68. The highest BCUT2D eigenvalue weighted by atomic mass is 16.5. The van der Waals surface area contributed by atoms with Gasteiger partial charge in [0.1, 0.15) is 12.4 Å². The lowest BCUT2D eigenvalue weighted by atomic mass is 10.2. The minimum atomic E-state index is -0.386. The third kappa shape index (κ3) is 2.69.